The molecule has 1 aromatic carbocycles. The lowest BCUT2D eigenvalue weighted by atomic mass is 10.2. The van der Waals surface area contributed by atoms with Crippen molar-refractivity contribution in [2.75, 3.05) is 0 Å². The molecule has 0 amide bonds. The van der Waals surface area contributed by atoms with E-state index < -0.39 is 0 Å². The lowest BCUT2D eigenvalue weighted by molar-refractivity contribution is 0.873. The van der Waals surface area contributed by atoms with Crippen LogP contribution in [0, 0.1) is 5.92 Å². The van der Waals surface area contributed by atoms with Crippen molar-refractivity contribution in [1.82, 2.24) is 0 Å². The maximum atomic E-state index is 5.92. The van der Waals surface area contributed by atoms with E-state index >= 15 is 0 Å². The highest BCUT2D eigenvalue weighted by atomic mass is 79.9. The van der Waals surface area contributed by atoms with E-state index in [1.165, 1.54) is 0 Å². The lowest BCUT2D eigenvalue weighted by Gasteiger charge is -2.04. The molecule has 0 aliphatic rings. The summed E-state index contributed by atoms with van der Waals surface area (Å²) in [5.74, 6) is 0.862. The summed E-state index contributed by atoms with van der Waals surface area (Å²) in [6.07, 6.45) is 0. The zero-order valence-electron chi connectivity index (χ0n) is 8.09. The van der Waals surface area contributed by atoms with Gasteiger partial charge in [-0.05, 0) is 34.1 Å². The van der Waals surface area contributed by atoms with E-state index in [1.807, 2.05) is 26.0 Å². The van der Waals surface area contributed by atoms with E-state index in [2.05, 4.69) is 20.9 Å². The Kier molecular flexibility index (Phi) is 3.96. The first kappa shape index (κ1) is 11.5. The number of nitrogens with zero attached hydrogens (tertiary/aromatic N) is 1. The molecular formula is C10H12BrClN2. The van der Waals surface area contributed by atoms with Gasteiger partial charge in [0.2, 0.25) is 0 Å². The van der Waals surface area contributed by atoms with Crippen LogP contribution in [-0.2, 0) is 0 Å². The van der Waals surface area contributed by atoms with Crippen molar-refractivity contribution in [3.63, 3.8) is 0 Å². The number of rotatable bonds is 2. The third kappa shape index (κ3) is 3.00. The van der Waals surface area contributed by atoms with Gasteiger partial charge in [-0.3, -0.25) is 0 Å². The number of benzene rings is 1. The molecular weight excluding hydrogens is 263 g/mol. The molecule has 0 heterocycles. The maximum absolute atomic E-state index is 5.92. The summed E-state index contributed by atoms with van der Waals surface area (Å²) in [6.45, 7) is 4.00. The summed E-state index contributed by atoms with van der Waals surface area (Å²) in [4.78, 5) is 4.25. The molecule has 0 saturated carbocycles. The van der Waals surface area contributed by atoms with Gasteiger partial charge in [-0.1, -0.05) is 25.4 Å². The van der Waals surface area contributed by atoms with Crippen LogP contribution >= 0.6 is 27.5 Å². The molecule has 2 nitrogen and oxygen atoms in total. The van der Waals surface area contributed by atoms with Crippen LogP contribution in [0.15, 0.2) is 27.7 Å². The fourth-order valence-electron chi connectivity index (χ4n) is 0.833. The van der Waals surface area contributed by atoms with Crippen LogP contribution in [0.2, 0.25) is 5.02 Å². The molecule has 0 atom stereocenters. The summed E-state index contributed by atoms with van der Waals surface area (Å²) in [5, 5.41) is 0.641. The Morgan fingerprint density at radius 2 is 2.14 bits per heavy atom. The molecule has 0 fully saturated rings. The molecule has 1 aromatic rings. The number of hydrogen-bond donors (Lipinski definition) is 1. The molecule has 0 aromatic heterocycles. The highest BCUT2D eigenvalue weighted by molar-refractivity contribution is 9.10. The van der Waals surface area contributed by atoms with E-state index in [4.69, 9.17) is 17.3 Å². The second kappa shape index (κ2) is 4.80. The first-order valence-electron chi connectivity index (χ1n) is 4.30. The summed E-state index contributed by atoms with van der Waals surface area (Å²) in [7, 11) is 0. The molecule has 0 aliphatic carbocycles. The van der Waals surface area contributed by atoms with Crippen molar-refractivity contribution in [2.45, 2.75) is 13.8 Å². The molecule has 14 heavy (non-hydrogen) atoms. The van der Waals surface area contributed by atoms with E-state index in [0.717, 1.165) is 10.2 Å². The highest BCUT2D eigenvalue weighted by Crippen LogP contribution is 2.27. The van der Waals surface area contributed by atoms with Gasteiger partial charge >= 0.3 is 0 Å². The third-order valence-electron chi connectivity index (χ3n) is 1.75. The first-order chi connectivity index (χ1) is 6.50. The molecule has 0 spiro atoms. The smallest absolute Gasteiger partial charge is 0.102 e. The van der Waals surface area contributed by atoms with Gasteiger partial charge in [0.05, 0.1) is 10.7 Å². The first-order valence-corrected chi connectivity index (χ1v) is 5.47. The molecule has 0 unspecified atom stereocenters. The van der Waals surface area contributed by atoms with Crippen LogP contribution in [0.3, 0.4) is 0 Å². The zero-order chi connectivity index (χ0) is 10.7. The van der Waals surface area contributed by atoms with Gasteiger partial charge in [0.15, 0.2) is 0 Å². The standard InChI is InChI=1S/C10H12BrClN2/c1-6(2)10(13)14-7-3-4-8(11)9(12)5-7/h3-6H,1-2H3,(H2,13,14). The van der Waals surface area contributed by atoms with Gasteiger partial charge in [0, 0.05) is 10.4 Å². The average Bonchev–Trinajstić information content (AvgIpc) is 2.11. The van der Waals surface area contributed by atoms with Gasteiger partial charge in [-0.2, -0.15) is 0 Å². The Bertz CT molecular complexity index is 361. The molecule has 0 bridgehead atoms. The number of nitrogens with two attached hydrogens (primary N) is 1. The van der Waals surface area contributed by atoms with Crippen molar-refractivity contribution in [3.8, 4) is 0 Å². The Balaban J connectivity index is 2.98. The maximum Gasteiger partial charge on any atom is 0.102 e. The van der Waals surface area contributed by atoms with Crippen LogP contribution in [0.5, 0.6) is 0 Å². The van der Waals surface area contributed by atoms with E-state index in [-0.39, 0.29) is 5.92 Å². The molecule has 1 rings (SSSR count). The number of halogens is 2. The second-order valence-electron chi connectivity index (χ2n) is 3.29. The van der Waals surface area contributed by atoms with Crippen LogP contribution < -0.4 is 5.73 Å². The van der Waals surface area contributed by atoms with E-state index in [0.29, 0.717) is 10.9 Å². The third-order valence-corrected chi connectivity index (χ3v) is 2.99. The van der Waals surface area contributed by atoms with Crippen molar-refractivity contribution >= 4 is 39.1 Å². The lowest BCUT2D eigenvalue weighted by Crippen LogP contribution is -2.17. The minimum atomic E-state index is 0.248. The van der Waals surface area contributed by atoms with Gasteiger partial charge < -0.3 is 5.73 Å². The summed E-state index contributed by atoms with van der Waals surface area (Å²) >= 11 is 9.23. The van der Waals surface area contributed by atoms with Crippen LogP contribution in [-0.4, -0.2) is 5.84 Å². The fraction of sp³-hybridized carbons (Fsp3) is 0.300. The molecule has 0 saturated heterocycles. The van der Waals surface area contributed by atoms with Crippen molar-refractivity contribution < 1.29 is 0 Å². The van der Waals surface area contributed by atoms with Crippen molar-refractivity contribution in [1.29, 1.82) is 0 Å². The van der Waals surface area contributed by atoms with Gasteiger partial charge in [0.1, 0.15) is 5.84 Å². The Morgan fingerprint density at radius 3 is 2.64 bits per heavy atom. The van der Waals surface area contributed by atoms with Crippen LogP contribution in [0.1, 0.15) is 13.8 Å². The molecule has 4 heteroatoms. The molecule has 2 N–H and O–H groups in total. The average molecular weight is 276 g/mol. The predicted octanol–water partition coefficient (Wildman–Crippen LogP) is 3.75. The minimum Gasteiger partial charge on any atom is -0.387 e. The number of hydrogen-bond acceptors (Lipinski definition) is 1. The summed E-state index contributed by atoms with van der Waals surface area (Å²) < 4.78 is 0.862. The zero-order valence-corrected chi connectivity index (χ0v) is 10.4. The van der Waals surface area contributed by atoms with Crippen LogP contribution in [0.4, 0.5) is 5.69 Å². The summed E-state index contributed by atoms with van der Waals surface area (Å²) in [6, 6.07) is 5.50. The predicted molar refractivity (Wildman–Crippen MR) is 65.3 cm³/mol. The topological polar surface area (TPSA) is 38.4 Å². The van der Waals surface area contributed by atoms with Crippen LogP contribution in [0.25, 0.3) is 0 Å². The van der Waals surface area contributed by atoms with E-state index in [9.17, 15) is 0 Å². The summed E-state index contributed by atoms with van der Waals surface area (Å²) in [5.41, 5.74) is 6.51. The largest absolute Gasteiger partial charge is 0.387 e. The normalized spacial score (nSPS) is 12.2. The quantitative estimate of drug-likeness (QED) is 0.648. The monoisotopic (exact) mass is 274 g/mol. The molecule has 0 radical (unpaired) electrons. The van der Waals surface area contributed by atoms with Gasteiger partial charge in [-0.25, -0.2) is 4.99 Å². The molecule has 76 valence electrons. The fourth-order valence-corrected chi connectivity index (χ4v) is 1.25. The molecule has 0 aliphatic heterocycles. The van der Waals surface area contributed by atoms with E-state index in [1.54, 1.807) is 6.07 Å². The second-order valence-corrected chi connectivity index (χ2v) is 4.55. The minimum absolute atomic E-state index is 0.248. The van der Waals surface area contributed by atoms with Crippen molar-refractivity contribution in [2.24, 2.45) is 16.6 Å². The number of amidine groups is 1. The Morgan fingerprint density at radius 1 is 1.50 bits per heavy atom. The SMILES string of the molecule is CC(C)C(N)=Nc1ccc(Br)c(Cl)c1. The van der Waals surface area contributed by atoms with Gasteiger partial charge in [-0.15, -0.1) is 0 Å². The number of aliphatic imine (C=N–C) groups is 1. The Hall–Kier alpha value is -0.540. The Labute approximate surface area is 97.3 Å². The highest BCUT2D eigenvalue weighted by Gasteiger charge is 2.01. The van der Waals surface area contributed by atoms with Crippen molar-refractivity contribution in [3.05, 3.63) is 27.7 Å². The van der Waals surface area contributed by atoms with Gasteiger partial charge in [0.25, 0.3) is 0 Å².